The third-order valence-electron chi connectivity index (χ3n) is 2.63. The molecule has 68 valence electrons. The fraction of sp³-hybridized carbons (Fsp3) is 0.875. The summed E-state index contributed by atoms with van der Waals surface area (Å²) >= 11 is 0. The summed E-state index contributed by atoms with van der Waals surface area (Å²) in [7, 11) is 1.56. The molecule has 0 aromatic heterocycles. The van der Waals surface area contributed by atoms with Gasteiger partial charge in [0.15, 0.2) is 0 Å². The summed E-state index contributed by atoms with van der Waals surface area (Å²) < 4.78 is 5.16. The van der Waals surface area contributed by atoms with Crippen LogP contribution in [0, 0.1) is 5.41 Å². The van der Waals surface area contributed by atoms with Gasteiger partial charge in [0, 0.05) is 6.42 Å². The van der Waals surface area contributed by atoms with Crippen LogP contribution in [0.2, 0.25) is 0 Å². The lowest BCUT2D eigenvalue weighted by Crippen LogP contribution is -2.25. The number of cyclic esters (lactones) is 1. The Labute approximate surface area is 71.2 Å². The van der Waals surface area contributed by atoms with Gasteiger partial charge in [-0.25, -0.2) is 0 Å². The summed E-state index contributed by atoms with van der Waals surface area (Å²) in [5, 5.41) is 0. The monoisotopic (exact) mass is 171 g/mol. The van der Waals surface area contributed by atoms with E-state index in [-0.39, 0.29) is 17.5 Å². The summed E-state index contributed by atoms with van der Waals surface area (Å²) in [5.41, 5.74) is 2.62. The molecule has 1 N–H and O–H groups in total. The van der Waals surface area contributed by atoms with Gasteiger partial charge in [-0.05, 0) is 12.8 Å². The van der Waals surface area contributed by atoms with Gasteiger partial charge in [0.2, 0.25) is 0 Å². The lowest BCUT2D eigenvalue weighted by Gasteiger charge is -2.07. The summed E-state index contributed by atoms with van der Waals surface area (Å²) in [5.74, 6) is -0.00889. The van der Waals surface area contributed by atoms with E-state index in [1.807, 2.05) is 0 Å². The molecule has 2 rings (SSSR count). The standard InChI is InChI=1S/C8H13NO3/c1-11-9-5-6-4-8(2-3-8)7(10)12-6/h6,9H,2-5H2,1H3. The summed E-state index contributed by atoms with van der Waals surface area (Å²) in [6.07, 6.45) is 2.90. The first-order valence-electron chi connectivity index (χ1n) is 4.24. The molecule has 1 unspecified atom stereocenters. The van der Waals surface area contributed by atoms with Crippen LogP contribution in [-0.4, -0.2) is 25.7 Å². The number of carbonyl (C=O) groups excluding carboxylic acids is 1. The highest BCUT2D eigenvalue weighted by atomic mass is 16.6. The van der Waals surface area contributed by atoms with E-state index in [2.05, 4.69) is 10.3 Å². The minimum atomic E-state index is -0.0832. The summed E-state index contributed by atoms with van der Waals surface area (Å²) in [4.78, 5) is 15.9. The minimum Gasteiger partial charge on any atom is -0.460 e. The predicted octanol–water partition coefficient (Wildman–Crippen LogP) is 0.233. The van der Waals surface area contributed by atoms with Crippen molar-refractivity contribution in [3.8, 4) is 0 Å². The Morgan fingerprint density at radius 1 is 1.75 bits per heavy atom. The normalized spacial score (nSPS) is 30.8. The van der Waals surface area contributed by atoms with Crippen molar-refractivity contribution in [3.05, 3.63) is 0 Å². The molecule has 1 heterocycles. The van der Waals surface area contributed by atoms with Gasteiger partial charge in [-0.15, -0.1) is 0 Å². The van der Waals surface area contributed by atoms with Gasteiger partial charge in [-0.1, -0.05) is 0 Å². The topological polar surface area (TPSA) is 47.6 Å². The van der Waals surface area contributed by atoms with Crippen molar-refractivity contribution < 1.29 is 14.4 Å². The van der Waals surface area contributed by atoms with Gasteiger partial charge >= 0.3 is 5.97 Å². The largest absolute Gasteiger partial charge is 0.460 e. The highest BCUT2D eigenvalue weighted by Gasteiger charge is 2.57. The Kier molecular flexibility index (Phi) is 1.81. The molecule has 4 heteroatoms. The third-order valence-corrected chi connectivity index (χ3v) is 2.63. The van der Waals surface area contributed by atoms with E-state index in [0.717, 1.165) is 19.3 Å². The molecule has 0 amide bonds. The number of hydroxylamine groups is 1. The first-order valence-corrected chi connectivity index (χ1v) is 4.24. The Morgan fingerprint density at radius 3 is 3.00 bits per heavy atom. The van der Waals surface area contributed by atoms with E-state index in [1.165, 1.54) is 0 Å². The number of carbonyl (C=O) groups is 1. The fourth-order valence-electron chi connectivity index (χ4n) is 1.69. The Balaban J connectivity index is 1.85. The highest BCUT2D eigenvalue weighted by molar-refractivity contribution is 5.81. The molecular formula is C8H13NO3. The van der Waals surface area contributed by atoms with E-state index in [9.17, 15) is 4.79 Å². The van der Waals surface area contributed by atoms with E-state index >= 15 is 0 Å². The van der Waals surface area contributed by atoms with Crippen molar-refractivity contribution >= 4 is 5.97 Å². The van der Waals surface area contributed by atoms with Gasteiger partial charge in [0.05, 0.1) is 19.1 Å². The number of hydrogen-bond donors (Lipinski definition) is 1. The molecule has 1 saturated carbocycles. The van der Waals surface area contributed by atoms with E-state index < -0.39 is 0 Å². The van der Waals surface area contributed by atoms with Crippen molar-refractivity contribution in [2.24, 2.45) is 5.41 Å². The van der Waals surface area contributed by atoms with Gasteiger partial charge in [0.25, 0.3) is 0 Å². The van der Waals surface area contributed by atoms with E-state index in [1.54, 1.807) is 7.11 Å². The van der Waals surface area contributed by atoms with Crippen molar-refractivity contribution in [3.63, 3.8) is 0 Å². The molecule has 2 aliphatic rings. The van der Waals surface area contributed by atoms with Gasteiger partial charge in [-0.2, -0.15) is 5.48 Å². The van der Waals surface area contributed by atoms with Crippen LogP contribution in [-0.2, 0) is 14.4 Å². The minimum absolute atomic E-state index is 0.00889. The van der Waals surface area contributed by atoms with Crippen LogP contribution in [0.25, 0.3) is 0 Å². The third kappa shape index (κ3) is 1.21. The molecular weight excluding hydrogens is 158 g/mol. The maximum Gasteiger partial charge on any atom is 0.312 e. The van der Waals surface area contributed by atoms with Gasteiger partial charge in [0.1, 0.15) is 6.10 Å². The van der Waals surface area contributed by atoms with Gasteiger partial charge < -0.3 is 9.57 Å². The lowest BCUT2D eigenvalue weighted by molar-refractivity contribution is -0.145. The zero-order valence-corrected chi connectivity index (χ0v) is 7.13. The number of rotatable bonds is 3. The Hall–Kier alpha value is -0.610. The second-order valence-electron chi connectivity index (χ2n) is 3.56. The number of ether oxygens (including phenoxy) is 1. The molecule has 2 fully saturated rings. The molecule has 1 aliphatic heterocycles. The lowest BCUT2D eigenvalue weighted by atomic mass is 10.0. The molecule has 0 aromatic rings. The van der Waals surface area contributed by atoms with Crippen LogP contribution in [0.1, 0.15) is 19.3 Å². The van der Waals surface area contributed by atoms with Crippen LogP contribution < -0.4 is 5.48 Å². The maximum atomic E-state index is 11.2. The first-order chi connectivity index (χ1) is 5.77. The van der Waals surface area contributed by atoms with Crippen LogP contribution in [0.4, 0.5) is 0 Å². The molecule has 0 bridgehead atoms. The zero-order valence-electron chi connectivity index (χ0n) is 7.13. The smallest absolute Gasteiger partial charge is 0.312 e. The van der Waals surface area contributed by atoms with Crippen LogP contribution in [0.5, 0.6) is 0 Å². The Bertz CT molecular complexity index is 200. The molecule has 1 saturated heterocycles. The van der Waals surface area contributed by atoms with Crippen molar-refractivity contribution in [1.29, 1.82) is 0 Å². The predicted molar refractivity (Wildman–Crippen MR) is 41.2 cm³/mol. The van der Waals surface area contributed by atoms with Crippen molar-refractivity contribution in [2.45, 2.75) is 25.4 Å². The molecule has 1 atom stereocenters. The fourth-order valence-corrected chi connectivity index (χ4v) is 1.69. The average molecular weight is 171 g/mol. The van der Waals surface area contributed by atoms with Crippen molar-refractivity contribution in [1.82, 2.24) is 5.48 Å². The number of esters is 1. The zero-order chi connectivity index (χ0) is 8.60. The second-order valence-corrected chi connectivity index (χ2v) is 3.56. The number of nitrogens with one attached hydrogen (secondary N) is 1. The van der Waals surface area contributed by atoms with E-state index in [0.29, 0.717) is 6.54 Å². The first kappa shape index (κ1) is 8.01. The summed E-state index contributed by atoms with van der Waals surface area (Å²) in [6.45, 7) is 0.601. The second kappa shape index (κ2) is 2.71. The molecule has 1 aliphatic carbocycles. The quantitative estimate of drug-likeness (QED) is 0.488. The molecule has 4 nitrogen and oxygen atoms in total. The SMILES string of the molecule is CONCC1CC2(CC2)C(=O)O1. The summed E-state index contributed by atoms with van der Waals surface area (Å²) in [6, 6.07) is 0. The molecule has 0 aromatic carbocycles. The van der Waals surface area contributed by atoms with Crippen molar-refractivity contribution in [2.75, 3.05) is 13.7 Å². The average Bonchev–Trinajstić information content (AvgIpc) is 2.74. The Morgan fingerprint density at radius 2 is 2.50 bits per heavy atom. The molecule has 12 heavy (non-hydrogen) atoms. The highest BCUT2D eigenvalue weighted by Crippen LogP contribution is 2.54. The van der Waals surface area contributed by atoms with Crippen LogP contribution >= 0.6 is 0 Å². The molecule has 0 radical (unpaired) electrons. The van der Waals surface area contributed by atoms with Crippen LogP contribution in [0.3, 0.4) is 0 Å². The van der Waals surface area contributed by atoms with E-state index in [4.69, 9.17) is 4.74 Å². The van der Waals surface area contributed by atoms with Crippen LogP contribution in [0.15, 0.2) is 0 Å². The van der Waals surface area contributed by atoms with Gasteiger partial charge in [-0.3, -0.25) is 4.79 Å². The molecule has 1 spiro atoms. The maximum absolute atomic E-state index is 11.2. The number of hydrogen-bond acceptors (Lipinski definition) is 4.